The molecule has 2 heterocycles. The van der Waals surface area contributed by atoms with Gasteiger partial charge in [0, 0.05) is 38.3 Å². The molecular formula is C18H26N2O2S. The summed E-state index contributed by atoms with van der Waals surface area (Å²) < 4.78 is 5.20. The van der Waals surface area contributed by atoms with Gasteiger partial charge in [-0.15, -0.1) is 0 Å². The van der Waals surface area contributed by atoms with Gasteiger partial charge >= 0.3 is 0 Å². The molecule has 0 aromatic heterocycles. The Morgan fingerprint density at radius 3 is 2.57 bits per heavy atom. The van der Waals surface area contributed by atoms with Gasteiger partial charge in [0.05, 0.1) is 7.11 Å². The Hall–Kier alpha value is -1.36. The standard InChI is InChI=1S/C18H26N2O2S/c1-22-17-6-4-16(5-7-17)19-8-10-20(11-9-19)18(21)13-15-3-2-12-23-14-15/h4-7,15H,2-3,8-14H2,1H3. The highest BCUT2D eigenvalue weighted by molar-refractivity contribution is 7.99. The highest BCUT2D eigenvalue weighted by Crippen LogP contribution is 2.26. The lowest BCUT2D eigenvalue weighted by molar-refractivity contribution is -0.132. The maximum atomic E-state index is 12.5. The van der Waals surface area contributed by atoms with Crippen LogP contribution in [0.15, 0.2) is 24.3 Å². The van der Waals surface area contributed by atoms with E-state index in [1.165, 1.54) is 24.3 Å². The molecule has 1 unspecified atom stereocenters. The average Bonchev–Trinajstić information content (AvgIpc) is 2.63. The Bertz CT molecular complexity index is 506. The van der Waals surface area contributed by atoms with Crippen molar-refractivity contribution in [2.24, 2.45) is 5.92 Å². The van der Waals surface area contributed by atoms with Crippen LogP contribution in [0.2, 0.25) is 0 Å². The number of thioether (sulfide) groups is 1. The van der Waals surface area contributed by atoms with Crippen molar-refractivity contribution < 1.29 is 9.53 Å². The summed E-state index contributed by atoms with van der Waals surface area (Å²) in [6.07, 6.45) is 3.24. The van der Waals surface area contributed by atoms with Gasteiger partial charge in [0.2, 0.25) is 5.91 Å². The van der Waals surface area contributed by atoms with Crippen LogP contribution in [0.1, 0.15) is 19.3 Å². The highest BCUT2D eigenvalue weighted by Gasteiger charge is 2.24. The molecule has 23 heavy (non-hydrogen) atoms. The fourth-order valence-corrected chi connectivity index (χ4v) is 4.51. The van der Waals surface area contributed by atoms with Crippen molar-refractivity contribution in [3.8, 4) is 5.75 Å². The van der Waals surface area contributed by atoms with E-state index in [1.807, 2.05) is 23.9 Å². The Morgan fingerprint density at radius 1 is 1.22 bits per heavy atom. The maximum absolute atomic E-state index is 12.5. The van der Waals surface area contributed by atoms with Crippen molar-refractivity contribution in [1.82, 2.24) is 4.90 Å². The number of hydrogen-bond acceptors (Lipinski definition) is 4. The molecule has 0 radical (unpaired) electrons. The summed E-state index contributed by atoms with van der Waals surface area (Å²) in [7, 11) is 1.68. The fourth-order valence-electron chi connectivity index (χ4n) is 3.35. The number of rotatable bonds is 4. The lowest BCUT2D eigenvalue weighted by Gasteiger charge is -2.37. The molecule has 0 N–H and O–H groups in total. The highest BCUT2D eigenvalue weighted by atomic mass is 32.2. The van der Waals surface area contributed by atoms with Crippen molar-refractivity contribution in [1.29, 1.82) is 0 Å². The minimum atomic E-state index is 0.354. The first kappa shape index (κ1) is 16.5. The second-order valence-electron chi connectivity index (χ2n) is 6.35. The summed E-state index contributed by atoms with van der Waals surface area (Å²) in [4.78, 5) is 16.9. The quantitative estimate of drug-likeness (QED) is 0.848. The normalized spacial score (nSPS) is 22.0. The minimum Gasteiger partial charge on any atom is -0.497 e. The number of nitrogens with zero attached hydrogens (tertiary/aromatic N) is 2. The number of piperazine rings is 1. The molecule has 2 aliphatic heterocycles. The molecule has 1 aromatic carbocycles. The first-order chi connectivity index (χ1) is 11.3. The van der Waals surface area contributed by atoms with Crippen LogP contribution in [-0.2, 0) is 4.79 Å². The van der Waals surface area contributed by atoms with Gasteiger partial charge < -0.3 is 14.5 Å². The van der Waals surface area contributed by atoms with Crippen LogP contribution in [0.5, 0.6) is 5.75 Å². The van der Waals surface area contributed by atoms with Crippen LogP contribution in [0.25, 0.3) is 0 Å². The molecule has 2 saturated heterocycles. The average molecular weight is 334 g/mol. The van der Waals surface area contributed by atoms with Crippen molar-refractivity contribution in [3.63, 3.8) is 0 Å². The molecular weight excluding hydrogens is 308 g/mol. The van der Waals surface area contributed by atoms with Gasteiger partial charge in [-0.25, -0.2) is 0 Å². The molecule has 0 bridgehead atoms. The van der Waals surface area contributed by atoms with Gasteiger partial charge in [-0.3, -0.25) is 4.79 Å². The number of benzene rings is 1. The smallest absolute Gasteiger partial charge is 0.222 e. The van der Waals surface area contributed by atoms with E-state index in [1.54, 1.807) is 7.11 Å². The molecule has 5 heteroatoms. The second-order valence-corrected chi connectivity index (χ2v) is 7.50. The van der Waals surface area contributed by atoms with E-state index in [9.17, 15) is 4.79 Å². The summed E-state index contributed by atoms with van der Waals surface area (Å²) in [6, 6.07) is 8.17. The van der Waals surface area contributed by atoms with Gasteiger partial charge in [-0.1, -0.05) is 0 Å². The first-order valence-corrected chi connectivity index (χ1v) is 9.66. The lowest BCUT2D eigenvalue weighted by atomic mass is 10.0. The summed E-state index contributed by atoms with van der Waals surface area (Å²) >= 11 is 2.00. The molecule has 4 nitrogen and oxygen atoms in total. The molecule has 2 aliphatic rings. The molecule has 0 saturated carbocycles. The maximum Gasteiger partial charge on any atom is 0.222 e. The molecule has 1 amide bonds. The van der Waals surface area contributed by atoms with E-state index in [2.05, 4.69) is 21.9 Å². The van der Waals surface area contributed by atoms with Crippen LogP contribution >= 0.6 is 11.8 Å². The van der Waals surface area contributed by atoms with E-state index in [4.69, 9.17) is 4.74 Å². The topological polar surface area (TPSA) is 32.8 Å². The molecule has 3 rings (SSSR count). The van der Waals surface area contributed by atoms with Gasteiger partial charge in [0.1, 0.15) is 5.75 Å². The Morgan fingerprint density at radius 2 is 1.96 bits per heavy atom. The zero-order valence-electron chi connectivity index (χ0n) is 13.9. The number of ether oxygens (including phenoxy) is 1. The Kier molecular flexibility index (Phi) is 5.70. The number of methoxy groups -OCH3 is 1. The fraction of sp³-hybridized carbons (Fsp3) is 0.611. The van der Waals surface area contributed by atoms with Crippen molar-refractivity contribution in [2.45, 2.75) is 19.3 Å². The van der Waals surface area contributed by atoms with E-state index in [0.717, 1.165) is 44.1 Å². The molecule has 1 atom stereocenters. The van der Waals surface area contributed by atoms with Crippen LogP contribution in [0, 0.1) is 5.92 Å². The van der Waals surface area contributed by atoms with E-state index < -0.39 is 0 Å². The zero-order valence-corrected chi connectivity index (χ0v) is 14.7. The van der Waals surface area contributed by atoms with Crippen LogP contribution < -0.4 is 9.64 Å². The van der Waals surface area contributed by atoms with Gasteiger partial charge in [0.25, 0.3) is 0 Å². The van der Waals surface area contributed by atoms with E-state index in [0.29, 0.717) is 11.8 Å². The van der Waals surface area contributed by atoms with Crippen molar-refractivity contribution >= 4 is 23.4 Å². The molecule has 126 valence electrons. The summed E-state index contributed by atoms with van der Waals surface area (Å²) in [6.45, 7) is 3.50. The monoisotopic (exact) mass is 334 g/mol. The Balaban J connectivity index is 1.48. The third kappa shape index (κ3) is 4.34. The largest absolute Gasteiger partial charge is 0.497 e. The molecule has 1 aromatic rings. The second kappa shape index (κ2) is 7.95. The van der Waals surface area contributed by atoms with Crippen LogP contribution in [0.3, 0.4) is 0 Å². The third-order valence-electron chi connectivity index (χ3n) is 4.79. The molecule has 2 fully saturated rings. The van der Waals surface area contributed by atoms with Gasteiger partial charge in [-0.2, -0.15) is 11.8 Å². The minimum absolute atomic E-state index is 0.354. The number of carbonyl (C=O) groups excluding carboxylic acids is 1. The predicted molar refractivity (Wildman–Crippen MR) is 96.5 cm³/mol. The summed E-state index contributed by atoms with van der Waals surface area (Å²) in [5.41, 5.74) is 1.21. The van der Waals surface area contributed by atoms with E-state index in [-0.39, 0.29) is 0 Å². The summed E-state index contributed by atoms with van der Waals surface area (Å²) in [5.74, 6) is 4.27. The summed E-state index contributed by atoms with van der Waals surface area (Å²) in [5, 5.41) is 0. The predicted octanol–water partition coefficient (Wildman–Crippen LogP) is 2.88. The molecule has 0 aliphatic carbocycles. The van der Waals surface area contributed by atoms with Gasteiger partial charge in [0.15, 0.2) is 0 Å². The van der Waals surface area contributed by atoms with Gasteiger partial charge in [-0.05, 0) is 54.5 Å². The van der Waals surface area contributed by atoms with E-state index >= 15 is 0 Å². The number of anilines is 1. The SMILES string of the molecule is COc1ccc(N2CCN(C(=O)CC3CCCSC3)CC2)cc1. The number of hydrogen-bond donors (Lipinski definition) is 0. The first-order valence-electron chi connectivity index (χ1n) is 8.51. The Labute approximate surface area is 143 Å². The zero-order chi connectivity index (χ0) is 16.1. The van der Waals surface area contributed by atoms with Crippen molar-refractivity contribution in [3.05, 3.63) is 24.3 Å². The van der Waals surface area contributed by atoms with Crippen LogP contribution in [0.4, 0.5) is 5.69 Å². The molecule has 0 spiro atoms. The van der Waals surface area contributed by atoms with Crippen molar-refractivity contribution in [2.75, 3.05) is 49.7 Å². The number of amides is 1. The number of carbonyl (C=O) groups is 1. The third-order valence-corrected chi connectivity index (χ3v) is 6.07. The lowest BCUT2D eigenvalue weighted by Crippen LogP contribution is -2.49. The van der Waals surface area contributed by atoms with Crippen LogP contribution in [-0.4, -0.2) is 55.6 Å².